The molecule has 20 heavy (non-hydrogen) atoms. The van der Waals surface area contributed by atoms with Gasteiger partial charge in [0.15, 0.2) is 0 Å². The van der Waals surface area contributed by atoms with Crippen LogP contribution in [0.3, 0.4) is 0 Å². The average molecular weight is 272 g/mol. The Morgan fingerprint density at radius 3 is 2.95 bits per heavy atom. The van der Waals surface area contributed by atoms with Crippen LogP contribution in [0.25, 0.3) is 0 Å². The first kappa shape index (κ1) is 13.1. The number of benzene rings is 2. The van der Waals surface area contributed by atoms with Crippen LogP contribution in [0.2, 0.25) is 0 Å². The van der Waals surface area contributed by atoms with Crippen molar-refractivity contribution in [2.45, 2.75) is 19.4 Å². The maximum atomic E-state index is 14.3. The molecule has 0 aliphatic carbocycles. The van der Waals surface area contributed by atoms with Crippen LogP contribution in [0.1, 0.15) is 28.3 Å². The molecule has 3 nitrogen and oxygen atoms in total. The molecule has 1 aliphatic rings. The fourth-order valence-electron chi connectivity index (χ4n) is 2.64. The summed E-state index contributed by atoms with van der Waals surface area (Å²) in [5.74, 6) is 6.35. The van der Waals surface area contributed by atoms with E-state index in [0.29, 0.717) is 17.7 Å². The highest BCUT2D eigenvalue weighted by Crippen LogP contribution is 2.31. The topological polar surface area (TPSA) is 47.3 Å². The minimum atomic E-state index is -0.360. The van der Waals surface area contributed by atoms with Crippen molar-refractivity contribution in [1.29, 1.82) is 0 Å². The van der Waals surface area contributed by atoms with E-state index in [0.717, 1.165) is 23.3 Å². The zero-order valence-electron chi connectivity index (χ0n) is 11.3. The van der Waals surface area contributed by atoms with E-state index in [4.69, 9.17) is 10.6 Å². The number of rotatable bonds is 3. The lowest BCUT2D eigenvalue weighted by Gasteiger charge is -2.19. The summed E-state index contributed by atoms with van der Waals surface area (Å²) < 4.78 is 19.8. The molecule has 0 saturated heterocycles. The first-order valence-electron chi connectivity index (χ1n) is 6.67. The first-order chi connectivity index (χ1) is 9.70. The molecule has 0 spiro atoms. The van der Waals surface area contributed by atoms with Gasteiger partial charge in [0.05, 0.1) is 12.6 Å². The maximum absolute atomic E-state index is 14.3. The third-order valence-electron chi connectivity index (χ3n) is 3.75. The van der Waals surface area contributed by atoms with E-state index in [9.17, 15) is 4.39 Å². The van der Waals surface area contributed by atoms with Gasteiger partial charge in [0.25, 0.3) is 0 Å². The molecular formula is C16H17FN2O. The molecule has 1 atom stereocenters. The third-order valence-corrected chi connectivity index (χ3v) is 3.75. The molecular weight excluding hydrogens is 255 g/mol. The number of halogens is 1. The monoisotopic (exact) mass is 272 g/mol. The SMILES string of the molecule is Cc1cccc(C(NN)c2ccc3c(c2)CCO3)c1F. The third kappa shape index (κ3) is 2.17. The summed E-state index contributed by atoms with van der Waals surface area (Å²) in [5.41, 5.74) is 5.99. The second kappa shape index (κ2) is 5.23. The number of hydrogen-bond acceptors (Lipinski definition) is 3. The molecule has 0 saturated carbocycles. The fraction of sp³-hybridized carbons (Fsp3) is 0.250. The highest BCUT2D eigenvalue weighted by atomic mass is 19.1. The average Bonchev–Trinajstić information content (AvgIpc) is 2.92. The Kier molecular flexibility index (Phi) is 3.42. The molecule has 1 heterocycles. The number of nitrogens with two attached hydrogens (primary N) is 1. The van der Waals surface area contributed by atoms with E-state index >= 15 is 0 Å². The van der Waals surface area contributed by atoms with E-state index in [1.54, 1.807) is 19.1 Å². The Labute approximate surface area is 117 Å². The zero-order chi connectivity index (χ0) is 14.1. The van der Waals surface area contributed by atoms with E-state index in [1.165, 1.54) is 0 Å². The molecule has 0 fully saturated rings. The molecule has 0 bridgehead atoms. The van der Waals surface area contributed by atoms with Crippen molar-refractivity contribution >= 4 is 0 Å². The summed E-state index contributed by atoms with van der Waals surface area (Å²) in [7, 11) is 0. The molecule has 1 aliphatic heterocycles. The van der Waals surface area contributed by atoms with Crippen molar-refractivity contribution < 1.29 is 9.13 Å². The standard InChI is InChI=1S/C16H17FN2O/c1-10-3-2-4-13(15(10)17)16(19-18)12-5-6-14-11(9-12)7-8-20-14/h2-6,9,16,19H,7-8,18H2,1H3. The molecule has 3 N–H and O–H groups in total. The van der Waals surface area contributed by atoms with Gasteiger partial charge in [-0.2, -0.15) is 0 Å². The van der Waals surface area contributed by atoms with Crippen molar-refractivity contribution in [1.82, 2.24) is 5.43 Å². The summed E-state index contributed by atoms with van der Waals surface area (Å²) in [5, 5.41) is 0. The normalized spacial score (nSPS) is 14.8. The number of hydrogen-bond donors (Lipinski definition) is 2. The van der Waals surface area contributed by atoms with Crippen LogP contribution in [0.15, 0.2) is 36.4 Å². The molecule has 2 aromatic carbocycles. The van der Waals surface area contributed by atoms with Crippen LogP contribution >= 0.6 is 0 Å². The molecule has 3 rings (SSSR count). The van der Waals surface area contributed by atoms with E-state index in [2.05, 4.69) is 5.43 Å². The summed E-state index contributed by atoms with van der Waals surface area (Å²) in [6, 6.07) is 10.9. The van der Waals surface area contributed by atoms with Gasteiger partial charge in [0, 0.05) is 12.0 Å². The van der Waals surface area contributed by atoms with Gasteiger partial charge in [-0.1, -0.05) is 30.3 Å². The van der Waals surface area contributed by atoms with Crippen LogP contribution < -0.4 is 16.0 Å². The number of nitrogens with one attached hydrogen (secondary N) is 1. The molecule has 4 heteroatoms. The minimum absolute atomic E-state index is 0.216. The number of ether oxygens (including phenoxy) is 1. The van der Waals surface area contributed by atoms with Crippen LogP contribution in [0, 0.1) is 12.7 Å². The summed E-state index contributed by atoms with van der Waals surface area (Å²) in [6.45, 7) is 2.46. The van der Waals surface area contributed by atoms with Crippen molar-refractivity contribution in [3.63, 3.8) is 0 Å². The van der Waals surface area contributed by atoms with Crippen LogP contribution in [-0.4, -0.2) is 6.61 Å². The Morgan fingerprint density at radius 1 is 1.30 bits per heavy atom. The van der Waals surface area contributed by atoms with E-state index < -0.39 is 0 Å². The maximum Gasteiger partial charge on any atom is 0.131 e. The summed E-state index contributed by atoms with van der Waals surface area (Å²) >= 11 is 0. The predicted octanol–water partition coefficient (Wildman–Crippen LogP) is 2.62. The van der Waals surface area contributed by atoms with Crippen molar-refractivity contribution in [3.8, 4) is 5.75 Å². The lowest BCUT2D eigenvalue weighted by molar-refractivity contribution is 0.357. The molecule has 1 unspecified atom stereocenters. The van der Waals surface area contributed by atoms with E-state index in [-0.39, 0.29) is 11.9 Å². The Hall–Kier alpha value is -1.91. The van der Waals surface area contributed by atoms with Gasteiger partial charge in [0.2, 0.25) is 0 Å². The Balaban J connectivity index is 2.03. The van der Waals surface area contributed by atoms with Gasteiger partial charge in [-0.05, 0) is 29.7 Å². The molecule has 2 aromatic rings. The van der Waals surface area contributed by atoms with E-state index in [1.807, 2.05) is 24.3 Å². The summed E-state index contributed by atoms with van der Waals surface area (Å²) in [4.78, 5) is 0. The molecule has 0 radical (unpaired) electrons. The lowest BCUT2D eigenvalue weighted by atomic mass is 9.95. The Morgan fingerprint density at radius 2 is 2.15 bits per heavy atom. The summed E-state index contributed by atoms with van der Waals surface area (Å²) in [6.07, 6.45) is 0.886. The van der Waals surface area contributed by atoms with Crippen molar-refractivity contribution in [2.24, 2.45) is 5.84 Å². The van der Waals surface area contributed by atoms with Gasteiger partial charge >= 0.3 is 0 Å². The van der Waals surface area contributed by atoms with Crippen LogP contribution in [0.5, 0.6) is 5.75 Å². The van der Waals surface area contributed by atoms with Crippen molar-refractivity contribution in [3.05, 3.63) is 64.5 Å². The minimum Gasteiger partial charge on any atom is -0.493 e. The highest BCUT2D eigenvalue weighted by Gasteiger charge is 2.20. The second-order valence-electron chi connectivity index (χ2n) is 5.04. The smallest absolute Gasteiger partial charge is 0.131 e. The molecule has 0 amide bonds. The zero-order valence-corrected chi connectivity index (χ0v) is 11.3. The van der Waals surface area contributed by atoms with Gasteiger partial charge in [-0.15, -0.1) is 0 Å². The number of hydrazine groups is 1. The van der Waals surface area contributed by atoms with Crippen molar-refractivity contribution in [2.75, 3.05) is 6.61 Å². The van der Waals surface area contributed by atoms with Gasteiger partial charge < -0.3 is 4.74 Å². The fourth-order valence-corrected chi connectivity index (χ4v) is 2.64. The van der Waals surface area contributed by atoms with Gasteiger partial charge in [-0.3, -0.25) is 5.84 Å². The van der Waals surface area contributed by atoms with Gasteiger partial charge in [-0.25, -0.2) is 9.82 Å². The number of aryl methyl sites for hydroxylation is 1. The quantitative estimate of drug-likeness (QED) is 0.667. The Bertz CT molecular complexity index is 642. The van der Waals surface area contributed by atoms with Crippen LogP contribution in [-0.2, 0) is 6.42 Å². The first-order valence-corrected chi connectivity index (χ1v) is 6.67. The van der Waals surface area contributed by atoms with Crippen LogP contribution in [0.4, 0.5) is 4.39 Å². The second-order valence-corrected chi connectivity index (χ2v) is 5.04. The highest BCUT2D eigenvalue weighted by molar-refractivity contribution is 5.44. The largest absolute Gasteiger partial charge is 0.493 e. The predicted molar refractivity (Wildman–Crippen MR) is 75.9 cm³/mol. The lowest BCUT2D eigenvalue weighted by Crippen LogP contribution is -2.29. The van der Waals surface area contributed by atoms with Gasteiger partial charge in [0.1, 0.15) is 11.6 Å². The molecule has 104 valence electrons. The number of fused-ring (bicyclic) bond motifs is 1. The molecule has 0 aromatic heterocycles.